The third kappa shape index (κ3) is 4.12. The molecule has 1 aliphatic rings. The lowest BCUT2D eigenvalue weighted by molar-refractivity contribution is -0.131. The summed E-state index contributed by atoms with van der Waals surface area (Å²) in [6.07, 6.45) is 0.197. The Morgan fingerprint density at radius 3 is 2.69 bits per heavy atom. The Balaban J connectivity index is 1.54. The summed E-state index contributed by atoms with van der Waals surface area (Å²) < 4.78 is 12.0. The Kier molecular flexibility index (Phi) is 5.53. The second-order valence-electron chi connectivity index (χ2n) is 6.70. The summed E-state index contributed by atoms with van der Waals surface area (Å²) in [5, 5.41) is 0.533. The van der Waals surface area contributed by atoms with Crippen molar-refractivity contribution in [2.24, 2.45) is 0 Å². The number of nitrogens with one attached hydrogen (secondary N) is 1. The maximum absolute atomic E-state index is 12.9. The normalized spacial score (nSPS) is 12.8. The minimum absolute atomic E-state index is 0.0688. The molecule has 1 N–H and O–H groups in total. The van der Waals surface area contributed by atoms with E-state index >= 15 is 0 Å². The molecule has 0 unspecified atom stereocenters. The van der Waals surface area contributed by atoms with Crippen molar-refractivity contribution in [2.75, 3.05) is 19.8 Å². The number of carbonyl (C=O) groups excluding carboxylic acids is 1. The Morgan fingerprint density at radius 2 is 1.93 bits per heavy atom. The molecular weight excluding hydrogens is 438 g/mol. The Hall–Kier alpha value is -2.87. The van der Waals surface area contributed by atoms with E-state index in [4.69, 9.17) is 9.47 Å². The van der Waals surface area contributed by atoms with Crippen molar-refractivity contribution in [1.82, 2.24) is 14.9 Å². The van der Waals surface area contributed by atoms with Gasteiger partial charge in [-0.1, -0.05) is 28.1 Å². The van der Waals surface area contributed by atoms with Crippen molar-refractivity contribution < 1.29 is 14.3 Å². The average Bonchev–Trinajstić information content (AvgIpc) is 2.72. The lowest BCUT2D eigenvalue weighted by Crippen LogP contribution is -2.33. The first-order valence-corrected chi connectivity index (χ1v) is 10.2. The molecule has 1 amide bonds. The van der Waals surface area contributed by atoms with Crippen molar-refractivity contribution >= 4 is 32.7 Å². The molecule has 0 radical (unpaired) electrons. The molecule has 1 aliphatic heterocycles. The zero-order valence-electron chi connectivity index (χ0n) is 15.9. The lowest BCUT2D eigenvalue weighted by atomic mass is 10.1. The first kappa shape index (κ1) is 19.4. The van der Waals surface area contributed by atoms with Gasteiger partial charge in [-0.3, -0.25) is 9.59 Å². The largest absolute Gasteiger partial charge is 0.486 e. The van der Waals surface area contributed by atoms with Crippen LogP contribution in [0.1, 0.15) is 18.3 Å². The molecule has 4 rings (SSSR count). The van der Waals surface area contributed by atoms with Crippen molar-refractivity contribution in [1.29, 1.82) is 0 Å². The van der Waals surface area contributed by atoms with E-state index in [1.807, 2.05) is 25.1 Å². The Labute approximate surface area is 175 Å². The number of amides is 1. The van der Waals surface area contributed by atoms with Gasteiger partial charge in [-0.05, 0) is 36.8 Å². The molecule has 3 aromatic rings. The number of H-pyrrole nitrogens is 1. The van der Waals surface area contributed by atoms with E-state index in [-0.39, 0.29) is 24.4 Å². The third-order valence-electron chi connectivity index (χ3n) is 4.79. The maximum Gasteiger partial charge on any atom is 0.258 e. The highest BCUT2D eigenvalue weighted by Gasteiger charge is 2.20. The molecule has 0 spiro atoms. The number of nitrogens with zero attached hydrogens (tertiary/aromatic N) is 2. The van der Waals surface area contributed by atoms with Crippen LogP contribution in [-0.2, 0) is 17.8 Å². The first-order chi connectivity index (χ1) is 14.0. The van der Waals surface area contributed by atoms with Crippen molar-refractivity contribution in [3.05, 3.63) is 62.6 Å². The summed E-state index contributed by atoms with van der Waals surface area (Å²) >= 11 is 3.51. The van der Waals surface area contributed by atoms with Crippen LogP contribution in [0.5, 0.6) is 11.5 Å². The molecule has 150 valence electrons. The number of hydrogen-bond donors (Lipinski definition) is 1. The highest BCUT2D eigenvalue weighted by atomic mass is 79.9. The van der Waals surface area contributed by atoms with E-state index in [1.54, 1.807) is 23.1 Å². The molecule has 0 saturated heterocycles. The summed E-state index contributed by atoms with van der Waals surface area (Å²) in [4.78, 5) is 34.1. The van der Waals surface area contributed by atoms with Crippen LogP contribution in [-0.4, -0.2) is 40.5 Å². The monoisotopic (exact) mass is 457 g/mol. The first-order valence-electron chi connectivity index (χ1n) is 9.39. The maximum atomic E-state index is 12.9. The number of fused-ring (bicyclic) bond motifs is 2. The number of ether oxygens (including phenoxy) is 2. The number of aromatic nitrogens is 2. The smallest absolute Gasteiger partial charge is 0.258 e. The van der Waals surface area contributed by atoms with Gasteiger partial charge in [0.05, 0.1) is 23.9 Å². The van der Waals surface area contributed by atoms with E-state index in [0.717, 1.165) is 10.0 Å². The fourth-order valence-corrected chi connectivity index (χ4v) is 3.75. The van der Waals surface area contributed by atoms with Crippen LogP contribution in [0.4, 0.5) is 0 Å². The van der Waals surface area contributed by atoms with Gasteiger partial charge in [0.15, 0.2) is 11.5 Å². The van der Waals surface area contributed by atoms with Gasteiger partial charge in [0.25, 0.3) is 5.56 Å². The molecular formula is C21H20BrN3O4. The van der Waals surface area contributed by atoms with E-state index in [9.17, 15) is 9.59 Å². The summed E-state index contributed by atoms with van der Waals surface area (Å²) in [6.45, 7) is 3.63. The predicted octanol–water partition coefficient (Wildman–Crippen LogP) is 3.05. The van der Waals surface area contributed by atoms with Gasteiger partial charge < -0.3 is 19.4 Å². The number of para-hydroxylation sites is 1. The van der Waals surface area contributed by atoms with Gasteiger partial charge in [-0.25, -0.2) is 4.98 Å². The number of carbonyl (C=O) groups is 1. The predicted molar refractivity (Wildman–Crippen MR) is 112 cm³/mol. The van der Waals surface area contributed by atoms with E-state index < -0.39 is 0 Å². The number of rotatable bonds is 5. The summed E-state index contributed by atoms with van der Waals surface area (Å²) in [5.41, 5.74) is 1.23. The second-order valence-corrected chi connectivity index (χ2v) is 7.56. The van der Waals surface area contributed by atoms with Crippen molar-refractivity contribution in [3.63, 3.8) is 0 Å². The van der Waals surface area contributed by atoms with Gasteiger partial charge >= 0.3 is 0 Å². The number of benzene rings is 2. The minimum Gasteiger partial charge on any atom is -0.486 e. The topological polar surface area (TPSA) is 84.5 Å². The molecule has 1 aromatic heterocycles. The lowest BCUT2D eigenvalue weighted by Gasteiger charge is -2.22. The van der Waals surface area contributed by atoms with E-state index in [0.29, 0.717) is 48.0 Å². The molecule has 0 bridgehead atoms. The molecule has 29 heavy (non-hydrogen) atoms. The summed E-state index contributed by atoms with van der Waals surface area (Å²) in [6, 6.07) is 10.8. The quantitative estimate of drug-likeness (QED) is 0.636. The number of aromatic amines is 1. The van der Waals surface area contributed by atoms with Crippen LogP contribution in [0.15, 0.2) is 45.7 Å². The van der Waals surface area contributed by atoms with Gasteiger partial charge in [0.2, 0.25) is 5.91 Å². The van der Waals surface area contributed by atoms with Crippen LogP contribution in [0.2, 0.25) is 0 Å². The van der Waals surface area contributed by atoms with Gasteiger partial charge in [-0.2, -0.15) is 0 Å². The van der Waals surface area contributed by atoms with E-state index in [2.05, 4.69) is 25.9 Å². The van der Waals surface area contributed by atoms with Crippen molar-refractivity contribution in [3.8, 4) is 11.5 Å². The van der Waals surface area contributed by atoms with Crippen LogP contribution in [0.3, 0.4) is 0 Å². The molecule has 2 aromatic carbocycles. The standard InChI is InChI=1S/C21H20BrN3O4/c1-2-25(12-19-23-16-6-4-3-5-14(16)21(27)24-19)20(26)10-13-9-17-18(11-15(13)22)29-8-7-28-17/h3-6,9,11H,2,7-8,10,12H2,1H3,(H,23,24,27). The molecule has 7 nitrogen and oxygen atoms in total. The average molecular weight is 458 g/mol. The number of halogens is 1. The molecule has 0 atom stereocenters. The SMILES string of the molecule is CCN(Cc1nc2ccccc2c(=O)[nH]1)C(=O)Cc1cc2c(cc1Br)OCCO2. The molecule has 0 saturated carbocycles. The Bertz CT molecular complexity index is 1130. The van der Waals surface area contributed by atoms with Crippen LogP contribution >= 0.6 is 15.9 Å². The number of likely N-dealkylation sites (N-methyl/N-ethyl adjacent to an activating group) is 1. The van der Waals surface area contributed by atoms with E-state index in [1.165, 1.54) is 0 Å². The fourth-order valence-electron chi connectivity index (χ4n) is 3.28. The van der Waals surface area contributed by atoms with Gasteiger partial charge in [-0.15, -0.1) is 0 Å². The van der Waals surface area contributed by atoms with Crippen LogP contribution < -0.4 is 15.0 Å². The minimum atomic E-state index is -0.205. The van der Waals surface area contributed by atoms with Gasteiger partial charge in [0.1, 0.15) is 19.0 Å². The second kappa shape index (κ2) is 8.24. The van der Waals surface area contributed by atoms with Crippen LogP contribution in [0.25, 0.3) is 10.9 Å². The molecule has 2 heterocycles. The fraction of sp³-hybridized carbons (Fsp3) is 0.286. The Morgan fingerprint density at radius 1 is 1.21 bits per heavy atom. The third-order valence-corrected chi connectivity index (χ3v) is 5.53. The molecule has 8 heteroatoms. The molecule has 0 fully saturated rings. The zero-order valence-corrected chi connectivity index (χ0v) is 17.5. The summed E-state index contributed by atoms with van der Waals surface area (Å²) in [5.74, 6) is 1.71. The van der Waals surface area contributed by atoms with Crippen molar-refractivity contribution in [2.45, 2.75) is 19.9 Å². The number of hydrogen-bond acceptors (Lipinski definition) is 5. The highest BCUT2D eigenvalue weighted by molar-refractivity contribution is 9.10. The summed E-state index contributed by atoms with van der Waals surface area (Å²) in [7, 11) is 0. The highest BCUT2D eigenvalue weighted by Crippen LogP contribution is 2.35. The van der Waals surface area contributed by atoms with Gasteiger partial charge in [0, 0.05) is 11.0 Å². The van der Waals surface area contributed by atoms with Crippen LogP contribution in [0, 0.1) is 0 Å². The zero-order chi connectivity index (χ0) is 20.4. The molecule has 0 aliphatic carbocycles.